The van der Waals surface area contributed by atoms with Gasteiger partial charge in [-0.2, -0.15) is 10.4 Å². The SMILES string of the molecule is CC(C)n1c(-c2ccn(C)n2)nc2cc(C#N)ccc21. The standard InChI is InChI=1S/C15H15N5/c1-10(2)20-14-5-4-11(9-16)8-13(14)17-15(20)12-6-7-19(3)18-12/h4-8,10H,1-3H3. The molecule has 5 nitrogen and oxygen atoms in total. The quantitative estimate of drug-likeness (QED) is 0.715. The van der Waals surface area contributed by atoms with Gasteiger partial charge < -0.3 is 4.57 Å². The minimum atomic E-state index is 0.268. The summed E-state index contributed by atoms with van der Waals surface area (Å²) < 4.78 is 3.92. The lowest BCUT2D eigenvalue weighted by Crippen LogP contribution is -2.03. The smallest absolute Gasteiger partial charge is 0.161 e. The van der Waals surface area contributed by atoms with Crippen molar-refractivity contribution in [3.05, 3.63) is 36.0 Å². The van der Waals surface area contributed by atoms with Crippen LogP contribution in [-0.4, -0.2) is 19.3 Å². The van der Waals surface area contributed by atoms with E-state index in [1.54, 1.807) is 4.68 Å². The first-order chi connectivity index (χ1) is 9.60. The fourth-order valence-corrected chi connectivity index (χ4v) is 2.41. The molecule has 0 aliphatic rings. The maximum atomic E-state index is 9.00. The van der Waals surface area contributed by atoms with Gasteiger partial charge in [-0.1, -0.05) is 0 Å². The van der Waals surface area contributed by atoms with Crippen molar-refractivity contribution in [1.29, 1.82) is 5.26 Å². The number of nitrogens with zero attached hydrogens (tertiary/aromatic N) is 5. The first-order valence-corrected chi connectivity index (χ1v) is 6.52. The van der Waals surface area contributed by atoms with Crippen molar-refractivity contribution < 1.29 is 0 Å². The zero-order valence-electron chi connectivity index (χ0n) is 11.7. The van der Waals surface area contributed by atoms with Gasteiger partial charge in [0.05, 0.1) is 22.7 Å². The summed E-state index contributed by atoms with van der Waals surface area (Å²) in [4.78, 5) is 4.66. The molecule has 5 heteroatoms. The fraction of sp³-hybridized carbons (Fsp3) is 0.267. The lowest BCUT2D eigenvalue weighted by Gasteiger charge is -2.11. The topological polar surface area (TPSA) is 59.4 Å². The van der Waals surface area contributed by atoms with Crippen molar-refractivity contribution in [3.8, 4) is 17.6 Å². The van der Waals surface area contributed by atoms with Crippen LogP contribution in [0.4, 0.5) is 0 Å². The molecule has 2 heterocycles. The molecule has 0 saturated carbocycles. The average Bonchev–Trinajstić information content (AvgIpc) is 3.00. The van der Waals surface area contributed by atoms with Crippen molar-refractivity contribution in [3.63, 3.8) is 0 Å². The molecule has 2 aromatic heterocycles. The molecule has 0 saturated heterocycles. The number of benzene rings is 1. The van der Waals surface area contributed by atoms with E-state index >= 15 is 0 Å². The van der Waals surface area contributed by atoms with E-state index in [0.29, 0.717) is 5.56 Å². The maximum Gasteiger partial charge on any atom is 0.161 e. The highest BCUT2D eigenvalue weighted by atomic mass is 15.3. The van der Waals surface area contributed by atoms with Crippen molar-refractivity contribution in [2.45, 2.75) is 19.9 Å². The number of aromatic nitrogens is 4. The van der Waals surface area contributed by atoms with Crippen LogP contribution in [0.3, 0.4) is 0 Å². The molecule has 0 atom stereocenters. The molecule has 0 bridgehead atoms. The highest BCUT2D eigenvalue weighted by molar-refractivity contribution is 5.81. The minimum absolute atomic E-state index is 0.268. The van der Waals surface area contributed by atoms with Gasteiger partial charge in [-0.3, -0.25) is 4.68 Å². The maximum absolute atomic E-state index is 9.00. The van der Waals surface area contributed by atoms with E-state index in [2.05, 4.69) is 34.6 Å². The first kappa shape index (κ1) is 12.4. The number of rotatable bonds is 2. The molecule has 0 aliphatic carbocycles. The van der Waals surface area contributed by atoms with E-state index < -0.39 is 0 Å². The zero-order valence-corrected chi connectivity index (χ0v) is 11.7. The molecule has 20 heavy (non-hydrogen) atoms. The highest BCUT2D eigenvalue weighted by Gasteiger charge is 2.16. The molecule has 3 rings (SSSR count). The minimum Gasteiger partial charge on any atom is -0.320 e. The van der Waals surface area contributed by atoms with E-state index in [1.807, 2.05) is 37.5 Å². The number of nitriles is 1. The van der Waals surface area contributed by atoms with Crippen LogP contribution in [0.1, 0.15) is 25.5 Å². The van der Waals surface area contributed by atoms with E-state index in [4.69, 9.17) is 5.26 Å². The number of aryl methyl sites for hydroxylation is 1. The number of fused-ring (bicyclic) bond motifs is 1. The highest BCUT2D eigenvalue weighted by Crippen LogP contribution is 2.27. The van der Waals surface area contributed by atoms with Gasteiger partial charge >= 0.3 is 0 Å². The third-order valence-corrected chi connectivity index (χ3v) is 3.28. The third kappa shape index (κ3) is 1.86. The summed E-state index contributed by atoms with van der Waals surface area (Å²) in [5, 5.41) is 13.4. The van der Waals surface area contributed by atoms with Crippen LogP contribution < -0.4 is 0 Å². The molecule has 0 radical (unpaired) electrons. The molecule has 0 amide bonds. The lowest BCUT2D eigenvalue weighted by molar-refractivity contribution is 0.621. The summed E-state index contributed by atoms with van der Waals surface area (Å²) in [6.45, 7) is 4.23. The van der Waals surface area contributed by atoms with Gasteiger partial charge in [0.25, 0.3) is 0 Å². The molecule has 0 spiro atoms. The van der Waals surface area contributed by atoms with Crippen LogP contribution in [0.5, 0.6) is 0 Å². The van der Waals surface area contributed by atoms with Crippen molar-refractivity contribution >= 4 is 11.0 Å². The van der Waals surface area contributed by atoms with E-state index in [0.717, 1.165) is 22.6 Å². The van der Waals surface area contributed by atoms with Crippen LogP contribution in [0.25, 0.3) is 22.6 Å². The van der Waals surface area contributed by atoms with Gasteiger partial charge in [-0.25, -0.2) is 4.98 Å². The number of imidazole rings is 1. The van der Waals surface area contributed by atoms with Gasteiger partial charge in [-0.05, 0) is 38.1 Å². The largest absolute Gasteiger partial charge is 0.320 e. The Bertz CT molecular complexity index is 817. The van der Waals surface area contributed by atoms with Crippen molar-refractivity contribution in [2.75, 3.05) is 0 Å². The van der Waals surface area contributed by atoms with Gasteiger partial charge in [0.15, 0.2) is 5.82 Å². The van der Waals surface area contributed by atoms with E-state index in [-0.39, 0.29) is 6.04 Å². The predicted molar refractivity (Wildman–Crippen MR) is 77.0 cm³/mol. The fourth-order valence-electron chi connectivity index (χ4n) is 2.41. The second-order valence-electron chi connectivity index (χ2n) is 5.09. The van der Waals surface area contributed by atoms with Crippen LogP contribution in [0.15, 0.2) is 30.5 Å². The van der Waals surface area contributed by atoms with Gasteiger partial charge in [0.1, 0.15) is 5.69 Å². The summed E-state index contributed by atoms with van der Waals surface area (Å²) in [6, 6.07) is 9.97. The lowest BCUT2D eigenvalue weighted by atomic mass is 10.2. The summed E-state index contributed by atoms with van der Waals surface area (Å²) in [7, 11) is 1.89. The Kier molecular flexibility index (Phi) is 2.79. The Balaban J connectivity index is 2.31. The Hall–Kier alpha value is -2.61. The first-order valence-electron chi connectivity index (χ1n) is 6.52. The summed E-state index contributed by atoms with van der Waals surface area (Å²) in [6.07, 6.45) is 1.90. The summed E-state index contributed by atoms with van der Waals surface area (Å²) >= 11 is 0. The van der Waals surface area contributed by atoms with E-state index in [1.165, 1.54) is 0 Å². The van der Waals surface area contributed by atoms with Crippen LogP contribution in [0, 0.1) is 11.3 Å². The van der Waals surface area contributed by atoms with Crippen molar-refractivity contribution in [1.82, 2.24) is 19.3 Å². The van der Waals surface area contributed by atoms with Gasteiger partial charge in [-0.15, -0.1) is 0 Å². The normalized spacial score (nSPS) is 11.2. The van der Waals surface area contributed by atoms with Crippen LogP contribution in [0.2, 0.25) is 0 Å². The monoisotopic (exact) mass is 265 g/mol. The van der Waals surface area contributed by atoms with Crippen LogP contribution in [-0.2, 0) is 7.05 Å². The molecule has 0 aliphatic heterocycles. The molecule has 0 unspecified atom stereocenters. The summed E-state index contributed by atoms with van der Waals surface area (Å²) in [5.74, 6) is 0.839. The van der Waals surface area contributed by atoms with Crippen LogP contribution >= 0.6 is 0 Å². The Morgan fingerprint density at radius 2 is 2.05 bits per heavy atom. The summed E-state index contributed by atoms with van der Waals surface area (Å²) in [5.41, 5.74) is 3.33. The molecule has 1 aromatic carbocycles. The molecular formula is C15H15N5. The average molecular weight is 265 g/mol. The second-order valence-corrected chi connectivity index (χ2v) is 5.09. The Morgan fingerprint density at radius 3 is 2.65 bits per heavy atom. The van der Waals surface area contributed by atoms with Crippen molar-refractivity contribution in [2.24, 2.45) is 7.05 Å². The number of hydrogen-bond donors (Lipinski definition) is 0. The van der Waals surface area contributed by atoms with Gasteiger partial charge in [0, 0.05) is 19.3 Å². The Morgan fingerprint density at radius 1 is 1.25 bits per heavy atom. The molecule has 0 N–H and O–H groups in total. The molecule has 100 valence electrons. The second kappa shape index (κ2) is 4.49. The number of hydrogen-bond acceptors (Lipinski definition) is 3. The predicted octanol–water partition coefficient (Wildman–Crippen LogP) is 2.89. The van der Waals surface area contributed by atoms with E-state index in [9.17, 15) is 0 Å². The zero-order chi connectivity index (χ0) is 14.3. The van der Waals surface area contributed by atoms with Gasteiger partial charge in [0.2, 0.25) is 0 Å². The Labute approximate surface area is 117 Å². The molecule has 3 aromatic rings. The molecular weight excluding hydrogens is 250 g/mol. The molecule has 0 fully saturated rings. The third-order valence-electron chi connectivity index (χ3n) is 3.28.